The number of nitrogens with zero attached hydrogens (tertiary/aromatic N) is 3. The fourth-order valence-corrected chi connectivity index (χ4v) is 2.19. The molecule has 96 valence electrons. The first kappa shape index (κ1) is 13.0. The number of hydrogen-bond donors (Lipinski definition) is 1. The zero-order chi connectivity index (χ0) is 13.3. The molecule has 2 N–H and O–H groups in total. The van der Waals surface area contributed by atoms with Crippen LogP contribution in [0.25, 0.3) is 5.69 Å². The molecule has 1 unspecified atom stereocenters. The first-order valence-corrected chi connectivity index (χ1v) is 6.35. The van der Waals surface area contributed by atoms with Crippen molar-refractivity contribution in [3.05, 3.63) is 34.1 Å². The summed E-state index contributed by atoms with van der Waals surface area (Å²) in [5, 5.41) is 8.26. The lowest BCUT2D eigenvalue weighted by Crippen LogP contribution is -2.08. The summed E-state index contributed by atoms with van der Waals surface area (Å²) in [6, 6.07) is 5.56. The molecule has 0 radical (unpaired) electrons. The van der Waals surface area contributed by atoms with Crippen LogP contribution < -0.4 is 10.5 Å². The van der Waals surface area contributed by atoms with Gasteiger partial charge in [0.15, 0.2) is 0 Å². The van der Waals surface area contributed by atoms with E-state index in [0.717, 1.165) is 27.3 Å². The van der Waals surface area contributed by atoms with Gasteiger partial charge in [0.05, 0.1) is 18.5 Å². The van der Waals surface area contributed by atoms with E-state index in [2.05, 4.69) is 26.2 Å². The first-order valence-electron chi connectivity index (χ1n) is 5.56. The molecule has 5 nitrogen and oxygen atoms in total. The van der Waals surface area contributed by atoms with Crippen LogP contribution in [0.5, 0.6) is 5.75 Å². The van der Waals surface area contributed by atoms with Gasteiger partial charge in [-0.1, -0.05) is 5.21 Å². The predicted molar refractivity (Wildman–Crippen MR) is 73.0 cm³/mol. The summed E-state index contributed by atoms with van der Waals surface area (Å²) in [5.74, 6) is 0.769. The molecule has 0 saturated heterocycles. The number of benzene rings is 1. The molecule has 1 aromatic heterocycles. The quantitative estimate of drug-likeness (QED) is 0.945. The maximum absolute atomic E-state index is 5.85. The molecule has 18 heavy (non-hydrogen) atoms. The minimum Gasteiger partial charge on any atom is -0.497 e. The second-order valence-electron chi connectivity index (χ2n) is 4.08. The lowest BCUT2D eigenvalue weighted by molar-refractivity contribution is 0.414. The molecule has 0 aliphatic carbocycles. The van der Waals surface area contributed by atoms with Crippen LogP contribution in [-0.2, 0) is 0 Å². The molecular formula is C12H15BrN4O. The summed E-state index contributed by atoms with van der Waals surface area (Å²) in [5.41, 5.74) is 8.45. The average molecular weight is 311 g/mol. The Morgan fingerprint density at radius 1 is 1.44 bits per heavy atom. The average Bonchev–Trinajstić information content (AvgIpc) is 2.72. The Morgan fingerprint density at radius 3 is 2.72 bits per heavy atom. The number of methoxy groups -OCH3 is 1. The van der Waals surface area contributed by atoms with Crippen molar-refractivity contribution in [1.29, 1.82) is 0 Å². The van der Waals surface area contributed by atoms with Gasteiger partial charge in [-0.3, -0.25) is 0 Å². The number of aromatic nitrogens is 3. The Balaban J connectivity index is 2.55. The zero-order valence-electron chi connectivity index (χ0n) is 10.5. The SMILES string of the molecule is COc1ccc(Br)c(-n2nnc(C(C)N)c2C)c1. The van der Waals surface area contributed by atoms with E-state index in [1.165, 1.54) is 0 Å². The highest BCUT2D eigenvalue weighted by Crippen LogP contribution is 2.27. The smallest absolute Gasteiger partial charge is 0.121 e. The number of rotatable bonds is 3. The molecule has 2 rings (SSSR count). The molecule has 0 spiro atoms. The standard InChI is InChI=1S/C12H15BrN4O/c1-7(14)12-8(2)17(16-15-12)11-6-9(18-3)4-5-10(11)13/h4-7H,14H2,1-3H3. The second kappa shape index (κ2) is 5.07. The van der Waals surface area contributed by atoms with E-state index in [0.29, 0.717) is 0 Å². The number of hydrogen-bond acceptors (Lipinski definition) is 4. The number of halogens is 1. The Morgan fingerprint density at radius 2 is 2.17 bits per heavy atom. The largest absolute Gasteiger partial charge is 0.497 e. The van der Waals surface area contributed by atoms with Crippen molar-refractivity contribution in [2.75, 3.05) is 7.11 Å². The molecule has 2 aromatic rings. The van der Waals surface area contributed by atoms with Crippen LogP contribution in [0.2, 0.25) is 0 Å². The van der Waals surface area contributed by atoms with Crippen molar-refractivity contribution in [3.8, 4) is 11.4 Å². The Bertz CT molecular complexity index is 565. The molecule has 0 bridgehead atoms. The van der Waals surface area contributed by atoms with Crippen molar-refractivity contribution in [2.24, 2.45) is 5.73 Å². The Hall–Kier alpha value is -1.40. The summed E-state index contributed by atoms with van der Waals surface area (Å²) in [6.07, 6.45) is 0. The Kier molecular flexibility index (Phi) is 3.68. The molecule has 0 aliphatic rings. The van der Waals surface area contributed by atoms with Crippen LogP contribution in [0.15, 0.2) is 22.7 Å². The normalized spacial score (nSPS) is 12.5. The molecule has 1 atom stereocenters. The highest BCUT2D eigenvalue weighted by atomic mass is 79.9. The minimum absolute atomic E-state index is 0.136. The first-order chi connectivity index (χ1) is 8.54. The van der Waals surface area contributed by atoms with Crippen LogP contribution in [0.4, 0.5) is 0 Å². The van der Waals surface area contributed by atoms with E-state index in [4.69, 9.17) is 10.5 Å². The summed E-state index contributed by atoms with van der Waals surface area (Å²) >= 11 is 3.50. The van der Waals surface area contributed by atoms with Gasteiger partial charge >= 0.3 is 0 Å². The molecular weight excluding hydrogens is 296 g/mol. The molecule has 1 aromatic carbocycles. The van der Waals surface area contributed by atoms with E-state index in [-0.39, 0.29) is 6.04 Å². The Labute approximate surface area is 114 Å². The molecule has 1 heterocycles. The van der Waals surface area contributed by atoms with E-state index in [1.54, 1.807) is 11.8 Å². The summed E-state index contributed by atoms with van der Waals surface area (Å²) in [7, 11) is 1.63. The third-order valence-electron chi connectivity index (χ3n) is 2.74. The molecule has 6 heteroatoms. The lowest BCUT2D eigenvalue weighted by atomic mass is 10.2. The second-order valence-corrected chi connectivity index (χ2v) is 4.93. The van der Waals surface area contributed by atoms with Crippen LogP contribution in [0.3, 0.4) is 0 Å². The van der Waals surface area contributed by atoms with Gasteiger partial charge in [-0.2, -0.15) is 0 Å². The maximum atomic E-state index is 5.85. The van der Waals surface area contributed by atoms with Gasteiger partial charge < -0.3 is 10.5 Å². The van der Waals surface area contributed by atoms with Crippen molar-refractivity contribution >= 4 is 15.9 Å². The van der Waals surface area contributed by atoms with Crippen molar-refractivity contribution in [1.82, 2.24) is 15.0 Å². The predicted octanol–water partition coefficient (Wildman–Crippen LogP) is 2.37. The van der Waals surface area contributed by atoms with Crippen LogP contribution in [-0.4, -0.2) is 22.1 Å². The fraction of sp³-hybridized carbons (Fsp3) is 0.333. The van der Waals surface area contributed by atoms with Crippen LogP contribution >= 0.6 is 15.9 Å². The summed E-state index contributed by atoms with van der Waals surface area (Å²) in [4.78, 5) is 0. The van der Waals surface area contributed by atoms with Crippen molar-refractivity contribution in [2.45, 2.75) is 19.9 Å². The third kappa shape index (κ3) is 2.26. The topological polar surface area (TPSA) is 66.0 Å². The molecule has 0 amide bonds. The van der Waals surface area contributed by atoms with Gasteiger partial charge in [-0.05, 0) is 41.9 Å². The van der Waals surface area contributed by atoms with Crippen LogP contribution in [0.1, 0.15) is 24.4 Å². The van der Waals surface area contributed by atoms with E-state index < -0.39 is 0 Å². The summed E-state index contributed by atoms with van der Waals surface area (Å²) < 4.78 is 7.90. The highest BCUT2D eigenvalue weighted by Gasteiger charge is 2.15. The van der Waals surface area contributed by atoms with Crippen LogP contribution in [0, 0.1) is 6.92 Å². The van der Waals surface area contributed by atoms with Gasteiger partial charge in [0.2, 0.25) is 0 Å². The van der Waals surface area contributed by atoms with Gasteiger partial charge in [-0.25, -0.2) is 4.68 Å². The summed E-state index contributed by atoms with van der Waals surface area (Å²) in [6.45, 7) is 3.84. The minimum atomic E-state index is -0.136. The van der Waals surface area contributed by atoms with E-state index in [1.807, 2.05) is 32.0 Å². The van der Waals surface area contributed by atoms with E-state index >= 15 is 0 Å². The maximum Gasteiger partial charge on any atom is 0.121 e. The van der Waals surface area contributed by atoms with Gasteiger partial charge in [0, 0.05) is 16.6 Å². The van der Waals surface area contributed by atoms with Gasteiger partial charge in [0.1, 0.15) is 11.4 Å². The fourth-order valence-electron chi connectivity index (χ4n) is 1.77. The molecule has 0 fully saturated rings. The molecule has 0 aliphatic heterocycles. The lowest BCUT2D eigenvalue weighted by Gasteiger charge is -2.09. The van der Waals surface area contributed by atoms with E-state index in [9.17, 15) is 0 Å². The number of nitrogens with two attached hydrogens (primary N) is 1. The zero-order valence-corrected chi connectivity index (χ0v) is 12.1. The molecule has 0 saturated carbocycles. The number of ether oxygens (including phenoxy) is 1. The van der Waals surface area contributed by atoms with Crippen molar-refractivity contribution < 1.29 is 4.74 Å². The van der Waals surface area contributed by atoms with Crippen molar-refractivity contribution in [3.63, 3.8) is 0 Å². The third-order valence-corrected chi connectivity index (χ3v) is 3.41. The van der Waals surface area contributed by atoms with Gasteiger partial charge in [0.25, 0.3) is 0 Å². The highest BCUT2D eigenvalue weighted by molar-refractivity contribution is 9.10. The van der Waals surface area contributed by atoms with Gasteiger partial charge in [-0.15, -0.1) is 5.10 Å². The monoisotopic (exact) mass is 310 g/mol.